The van der Waals surface area contributed by atoms with Crippen molar-refractivity contribution in [3.05, 3.63) is 11.3 Å². The second-order valence-electron chi connectivity index (χ2n) is 4.54. The van der Waals surface area contributed by atoms with Gasteiger partial charge >= 0.3 is 5.97 Å². The Bertz CT molecular complexity index is 300. The van der Waals surface area contributed by atoms with E-state index in [2.05, 4.69) is 6.92 Å². The van der Waals surface area contributed by atoms with Crippen LogP contribution in [-0.4, -0.2) is 64.0 Å². The maximum absolute atomic E-state index is 11.2. The molecule has 7 heteroatoms. The number of aliphatic hydroxyl groups excluding tert-OH is 4. The Hall–Kier alpha value is -1.15. The molecule has 0 aromatic rings. The van der Waals surface area contributed by atoms with Gasteiger partial charge < -0.3 is 30.3 Å². The molecule has 0 aromatic heterocycles. The van der Waals surface area contributed by atoms with Crippen molar-refractivity contribution in [1.82, 2.24) is 0 Å². The normalized spacial score (nSPS) is 12.8. The monoisotopic (exact) mass is 322 g/mol. The molecule has 0 spiro atoms. The Morgan fingerprint density at radius 1 is 1.05 bits per heavy atom. The van der Waals surface area contributed by atoms with Crippen molar-refractivity contribution < 1.29 is 35.1 Å². The Labute approximate surface area is 131 Å². The number of ether oxygens (including phenoxy) is 1. The van der Waals surface area contributed by atoms with E-state index in [0.717, 1.165) is 25.7 Å². The smallest absolute Gasteiger partial charge is 0.335 e. The van der Waals surface area contributed by atoms with Gasteiger partial charge in [-0.3, -0.25) is 0 Å². The molecule has 5 N–H and O–H groups in total. The maximum Gasteiger partial charge on any atom is 0.335 e. The van der Waals surface area contributed by atoms with Gasteiger partial charge in [-0.05, 0) is 19.8 Å². The van der Waals surface area contributed by atoms with E-state index < -0.39 is 18.7 Å². The Kier molecular flexibility index (Phi) is 17.1. The first kappa shape index (κ1) is 23.1. The molecule has 0 radical (unpaired) electrons. The van der Waals surface area contributed by atoms with Crippen molar-refractivity contribution in [3.63, 3.8) is 0 Å². The van der Waals surface area contributed by atoms with Gasteiger partial charge in [0.15, 0.2) is 0 Å². The van der Waals surface area contributed by atoms with E-state index in [1.165, 1.54) is 0 Å². The molecule has 0 heterocycles. The van der Waals surface area contributed by atoms with Gasteiger partial charge in [0.1, 0.15) is 11.9 Å². The molecule has 0 amide bonds. The first-order chi connectivity index (χ1) is 10.5. The molecular weight excluding hydrogens is 292 g/mol. The summed E-state index contributed by atoms with van der Waals surface area (Å²) < 4.78 is 5.16. The number of carboxylic acids is 1. The molecule has 1 unspecified atom stereocenters. The van der Waals surface area contributed by atoms with Crippen molar-refractivity contribution in [2.24, 2.45) is 0 Å². The van der Waals surface area contributed by atoms with Crippen LogP contribution in [0.25, 0.3) is 0 Å². The van der Waals surface area contributed by atoms with Crippen molar-refractivity contribution in [1.29, 1.82) is 0 Å². The second kappa shape index (κ2) is 16.2. The molecule has 0 aromatic carbocycles. The van der Waals surface area contributed by atoms with Crippen LogP contribution in [-0.2, 0) is 9.53 Å². The van der Waals surface area contributed by atoms with Crippen LogP contribution >= 0.6 is 0 Å². The number of rotatable bonds is 11. The summed E-state index contributed by atoms with van der Waals surface area (Å²) in [5.74, 6) is -1.11. The predicted molar refractivity (Wildman–Crippen MR) is 82.3 cm³/mol. The van der Waals surface area contributed by atoms with Crippen LogP contribution in [0.2, 0.25) is 0 Å². The van der Waals surface area contributed by atoms with Gasteiger partial charge in [0.25, 0.3) is 0 Å². The van der Waals surface area contributed by atoms with Gasteiger partial charge in [-0.15, -0.1) is 0 Å². The predicted octanol–water partition coefficient (Wildman–Crippen LogP) is 0.656. The lowest BCUT2D eigenvalue weighted by Gasteiger charge is -2.16. The van der Waals surface area contributed by atoms with E-state index in [1.54, 1.807) is 6.92 Å². The lowest BCUT2D eigenvalue weighted by molar-refractivity contribution is -0.133. The van der Waals surface area contributed by atoms with Crippen LogP contribution in [0.4, 0.5) is 0 Å². The van der Waals surface area contributed by atoms with Crippen LogP contribution in [0.3, 0.4) is 0 Å². The number of hydrogen-bond acceptors (Lipinski definition) is 6. The molecule has 22 heavy (non-hydrogen) atoms. The zero-order valence-corrected chi connectivity index (χ0v) is 13.5. The maximum atomic E-state index is 11.2. The average Bonchev–Trinajstić information content (AvgIpc) is 2.52. The Morgan fingerprint density at radius 3 is 2.00 bits per heavy atom. The minimum absolute atomic E-state index is 0.0102. The lowest BCUT2D eigenvalue weighted by Crippen LogP contribution is -2.22. The molecule has 0 aliphatic heterocycles. The number of hydrogen-bond donors (Lipinski definition) is 5. The summed E-state index contributed by atoms with van der Waals surface area (Å²) in [7, 11) is 0. The van der Waals surface area contributed by atoms with Gasteiger partial charge in [0.2, 0.25) is 0 Å². The second-order valence-corrected chi connectivity index (χ2v) is 4.54. The summed E-state index contributed by atoms with van der Waals surface area (Å²) in [6.45, 7) is 3.26. The van der Waals surface area contributed by atoms with E-state index in [-0.39, 0.29) is 31.2 Å². The summed E-state index contributed by atoms with van der Waals surface area (Å²) in [5, 5.41) is 42.9. The quantitative estimate of drug-likeness (QED) is 0.215. The van der Waals surface area contributed by atoms with Gasteiger partial charge in [0.05, 0.1) is 32.0 Å². The van der Waals surface area contributed by atoms with Gasteiger partial charge in [0, 0.05) is 0 Å². The fourth-order valence-electron chi connectivity index (χ4n) is 1.69. The number of aliphatic hydroxyl groups is 4. The molecule has 0 rings (SSSR count). The third-order valence-electron chi connectivity index (χ3n) is 2.71. The minimum Gasteiger partial charge on any atom is -0.495 e. The molecule has 7 nitrogen and oxygen atoms in total. The van der Waals surface area contributed by atoms with E-state index in [0.29, 0.717) is 6.42 Å². The summed E-state index contributed by atoms with van der Waals surface area (Å²) in [5.41, 5.74) is 0.0644. The highest BCUT2D eigenvalue weighted by Gasteiger charge is 2.21. The molecule has 0 aliphatic carbocycles. The molecule has 0 fully saturated rings. The molecule has 0 aliphatic rings. The number of carbonyl (C=O) groups is 1. The number of unbranched alkanes of at least 4 members (excludes halogenated alkanes) is 3. The molecule has 0 saturated carbocycles. The van der Waals surface area contributed by atoms with Crippen LogP contribution < -0.4 is 0 Å². The van der Waals surface area contributed by atoms with Crippen molar-refractivity contribution in [3.8, 4) is 0 Å². The van der Waals surface area contributed by atoms with Crippen LogP contribution in [0.15, 0.2) is 11.3 Å². The minimum atomic E-state index is -1.26. The Morgan fingerprint density at radius 2 is 1.64 bits per heavy atom. The topological polar surface area (TPSA) is 127 Å². The number of carboxylic acid groups (broad SMARTS) is 1. The fourth-order valence-corrected chi connectivity index (χ4v) is 1.69. The summed E-state index contributed by atoms with van der Waals surface area (Å²) in [6.07, 6.45) is 2.90. The van der Waals surface area contributed by atoms with Crippen molar-refractivity contribution in [2.75, 3.05) is 26.4 Å². The third-order valence-corrected chi connectivity index (χ3v) is 2.71. The van der Waals surface area contributed by atoms with Gasteiger partial charge in [-0.2, -0.15) is 0 Å². The zero-order chi connectivity index (χ0) is 17.4. The molecule has 132 valence electrons. The van der Waals surface area contributed by atoms with Crippen molar-refractivity contribution >= 4 is 5.97 Å². The van der Waals surface area contributed by atoms with E-state index in [9.17, 15) is 9.90 Å². The van der Waals surface area contributed by atoms with Gasteiger partial charge in [-0.25, -0.2) is 4.79 Å². The van der Waals surface area contributed by atoms with Crippen molar-refractivity contribution in [2.45, 2.75) is 52.1 Å². The Balaban J connectivity index is 0. The SMILES string of the molecule is CCCCCCC(C(=O)O)=C(OCC)C(O)CO.OCCO. The van der Waals surface area contributed by atoms with Crippen LogP contribution in [0.1, 0.15) is 46.0 Å². The fraction of sp³-hybridized carbons (Fsp3) is 0.800. The molecule has 0 saturated heterocycles. The standard InChI is InChI=1S/C13H24O5.C2H6O2/c1-3-5-6-7-8-10(13(16)17)12(18-4-2)11(15)9-14;3-1-2-4/h11,14-15H,3-9H2,1-2H3,(H,16,17);3-4H,1-2H2. The van der Waals surface area contributed by atoms with Crippen LogP contribution in [0, 0.1) is 0 Å². The first-order valence-corrected chi connectivity index (χ1v) is 7.59. The summed E-state index contributed by atoms with van der Waals surface area (Å²) in [4.78, 5) is 11.2. The summed E-state index contributed by atoms with van der Waals surface area (Å²) >= 11 is 0. The average molecular weight is 322 g/mol. The highest BCUT2D eigenvalue weighted by Crippen LogP contribution is 2.18. The zero-order valence-electron chi connectivity index (χ0n) is 13.5. The van der Waals surface area contributed by atoms with E-state index in [1.807, 2.05) is 0 Å². The highest BCUT2D eigenvalue weighted by molar-refractivity contribution is 5.87. The van der Waals surface area contributed by atoms with Gasteiger partial charge in [-0.1, -0.05) is 26.2 Å². The molecule has 0 bridgehead atoms. The molecule has 1 atom stereocenters. The molecular formula is C15H30O7. The van der Waals surface area contributed by atoms with E-state index in [4.69, 9.17) is 25.2 Å². The number of aliphatic carboxylic acids is 1. The lowest BCUT2D eigenvalue weighted by atomic mass is 10.0. The largest absolute Gasteiger partial charge is 0.495 e. The highest BCUT2D eigenvalue weighted by atomic mass is 16.5. The third kappa shape index (κ3) is 11.5. The summed E-state index contributed by atoms with van der Waals surface area (Å²) in [6, 6.07) is 0. The first-order valence-electron chi connectivity index (χ1n) is 7.59. The van der Waals surface area contributed by atoms with Crippen LogP contribution in [0.5, 0.6) is 0 Å². The van der Waals surface area contributed by atoms with E-state index >= 15 is 0 Å².